The van der Waals surface area contributed by atoms with Crippen molar-refractivity contribution in [3.05, 3.63) is 57.5 Å². The zero-order valence-corrected chi connectivity index (χ0v) is 11.6. The van der Waals surface area contributed by atoms with Crippen LogP contribution in [0.3, 0.4) is 0 Å². The second-order valence-corrected chi connectivity index (χ2v) is 5.04. The molecule has 3 N–H and O–H groups in total. The first-order chi connectivity index (χ1) is 8.56. The monoisotopic (exact) mass is 324 g/mol. The first kappa shape index (κ1) is 12.9. The van der Waals surface area contributed by atoms with Gasteiger partial charge in [0.15, 0.2) is 0 Å². The molecule has 0 saturated heterocycles. The molecule has 1 amide bonds. The van der Waals surface area contributed by atoms with Gasteiger partial charge in [0.1, 0.15) is 0 Å². The molecule has 0 saturated carbocycles. The molecule has 3 nitrogen and oxygen atoms in total. The SMILES string of the molecule is Nc1ccc(Cl)cc1C(=O)Nc1ccc(Br)cc1. The first-order valence-corrected chi connectivity index (χ1v) is 6.35. The van der Waals surface area contributed by atoms with Crippen LogP contribution in [0.1, 0.15) is 10.4 Å². The van der Waals surface area contributed by atoms with Gasteiger partial charge in [-0.3, -0.25) is 4.79 Å². The minimum absolute atomic E-state index is 0.280. The van der Waals surface area contributed by atoms with Crippen LogP contribution < -0.4 is 11.1 Å². The maximum atomic E-state index is 12.0. The van der Waals surface area contributed by atoms with E-state index in [0.717, 1.165) is 4.47 Å². The van der Waals surface area contributed by atoms with E-state index in [1.165, 1.54) is 0 Å². The maximum Gasteiger partial charge on any atom is 0.257 e. The van der Waals surface area contributed by atoms with Gasteiger partial charge in [0.05, 0.1) is 5.56 Å². The number of anilines is 2. The van der Waals surface area contributed by atoms with Gasteiger partial charge < -0.3 is 11.1 Å². The highest BCUT2D eigenvalue weighted by Gasteiger charge is 2.10. The Morgan fingerprint density at radius 3 is 2.50 bits per heavy atom. The summed E-state index contributed by atoms with van der Waals surface area (Å²) in [7, 11) is 0. The van der Waals surface area contributed by atoms with Crippen LogP contribution >= 0.6 is 27.5 Å². The van der Waals surface area contributed by atoms with Crippen molar-refractivity contribution < 1.29 is 4.79 Å². The summed E-state index contributed by atoms with van der Waals surface area (Å²) >= 11 is 9.17. The number of rotatable bonds is 2. The highest BCUT2D eigenvalue weighted by atomic mass is 79.9. The number of carbonyl (C=O) groups excluding carboxylic acids is 1. The van der Waals surface area contributed by atoms with Gasteiger partial charge in [0.25, 0.3) is 5.91 Å². The van der Waals surface area contributed by atoms with Crippen LogP contribution in [0.4, 0.5) is 11.4 Å². The maximum absolute atomic E-state index is 12.0. The predicted molar refractivity (Wildman–Crippen MR) is 78.0 cm³/mol. The number of nitrogen functional groups attached to an aromatic ring is 1. The highest BCUT2D eigenvalue weighted by Crippen LogP contribution is 2.20. The standard InChI is InChI=1S/C13H10BrClN2O/c14-8-1-4-10(5-2-8)17-13(18)11-7-9(15)3-6-12(11)16/h1-7H,16H2,(H,17,18). The molecule has 5 heteroatoms. The van der Waals surface area contributed by atoms with Crippen molar-refractivity contribution in [2.75, 3.05) is 11.1 Å². The molecule has 18 heavy (non-hydrogen) atoms. The Balaban J connectivity index is 2.21. The third kappa shape index (κ3) is 3.03. The van der Waals surface area contributed by atoms with Gasteiger partial charge >= 0.3 is 0 Å². The molecular weight excluding hydrogens is 316 g/mol. The van der Waals surface area contributed by atoms with Gasteiger partial charge in [-0.2, -0.15) is 0 Å². The quantitative estimate of drug-likeness (QED) is 0.822. The number of hydrogen-bond acceptors (Lipinski definition) is 2. The lowest BCUT2D eigenvalue weighted by Gasteiger charge is -2.08. The largest absolute Gasteiger partial charge is 0.398 e. The molecule has 0 radical (unpaired) electrons. The molecule has 2 aromatic carbocycles. The van der Waals surface area contributed by atoms with Crippen LogP contribution in [0.2, 0.25) is 5.02 Å². The Labute approximate surface area is 118 Å². The zero-order chi connectivity index (χ0) is 13.1. The van der Waals surface area contributed by atoms with Gasteiger partial charge in [-0.25, -0.2) is 0 Å². The molecule has 0 aliphatic heterocycles. The van der Waals surface area contributed by atoms with Crippen molar-refractivity contribution in [2.45, 2.75) is 0 Å². The van der Waals surface area contributed by atoms with Crippen molar-refractivity contribution in [1.29, 1.82) is 0 Å². The van der Waals surface area contributed by atoms with Gasteiger partial charge in [-0.05, 0) is 42.5 Å². The molecule has 92 valence electrons. The molecule has 0 aliphatic carbocycles. The molecule has 0 atom stereocenters. The van der Waals surface area contributed by atoms with Crippen LogP contribution in [0.5, 0.6) is 0 Å². The van der Waals surface area contributed by atoms with E-state index >= 15 is 0 Å². The van der Waals surface area contributed by atoms with Crippen LogP contribution in [0.15, 0.2) is 46.9 Å². The molecule has 2 aromatic rings. The summed E-state index contributed by atoms with van der Waals surface area (Å²) in [6.45, 7) is 0. The summed E-state index contributed by atoms with van der Waals surface area (Å²) in [6, 6.07) is 12.1. The normalized spacial score (nSPS) is 10.1. The Bertz CT molecular complexity index is 584. The van der Waals surface area contributed by atoms with Gasteiger partial charge in [-0.15, -0.1) is 0 Å². The van der Waals surface area contributed by atoms with Crippen molar-refractivity contribution >= 4 is 44.8 Å². The Hall–Kier alpha value is -1.52. The second kappa shape index (κ2) is 5.42. The van der Waals surface area contributed by atoms with Crippen molar-refractivity contribution in [2.24, 2.45) is 0 Å². The molecule has 0 spiro atoms. The Morgan fingerprint density at radius 2 is 1.83 bits per heavy atom. The number of carbonyl (C=O) groups is 1. The molecule has 0 aliphatic rings. The van der Waals surface area contributed by atoms with E-state index in [1.54, 1.807) is 30.3 Å². The van der Waals surface area contributed by atoms with E-state index < -0.39 is 0 Å². The Kier molecular flexibility index (Phi) is 3.89. The van der Waals surface area contributed by atoms with Gasteiger partial charge in [0.2, 0.25) is 0 Å². The number of amides is 1. The fourth-order valence-electron chi connectivity index (χ4n) is 1.46. The first-order valence-electron chi connectivity index (χ1n) is 5.18. The van der Waals surface area contributed by atoms with E-state index in [2.05, 4.69) is 21.2 Å². The summed E-state index contributed by atoms with van der Waals surface area (Å²) in [6.07, 6.45) is 0. The minimum Gasteiger partial charge on any atom is -0.398 e. The van der Waals surface area contributed by atoms with Gasteiger partial charge in [-0.1, -0.05) is 27.5 Å². The Morgan fingerprint density at radius 1 is 1.17 bits per heavy atom. The number of nitrogens with two attached hydrogens (primary N) is 1. The molecule has 2 rings (SSSR count). The minimum atomic E-state index is -0.280. The van der Waals surface area contributed by atoms with Crippen LogP contribution in [-0.4, -0.2) is 5.91 Å². The van der Waals surface area contributed by atoms with Crippen LogP contribution in [-0.2, 0) is 0 Å². The molecule has 0 fully saturated rings. The van der Waals surface area contributed by atoms with Crippen molar-refractivity contribution in [1.82, 2.24) is 0 Å². The fourth-order valence-corrected chi connectivity index (χ4v) is 1.89. The zero-order valence-electron chi connectivity index (χ0n) is 9.28. The van der Waals surface area contributed by atoms with E-state index in [-0.39, 0.29) is 5.91 Å². The number of halogens is 2. The second-order valence-electron chi connectivity index (χ2n) is 3.69. The van der Waals surface area contributed by atoms with Crippen LogP contribution in [0, 0.1) is 0 Å². The summed E-state index contributed by atoms with van der Waals surface area (Å²) < 4.78 is 0.947. The fraction of sp³-hybridized carbons (Fsp3) is 0. The predicted octanol–water partition coefficient (Wildman–Crippen LogP) is 3.94. The highest BCUT2D eigenvalue weighted by molar-refractivity contribution is 9.10. The molecule has 0 unspecified atom stereocenters. The van der Waals surface area contributed by atoms with Crippen molar-refractivity contribution in [3.8, 4) is 0 Å². The van der Waals surface area contributed by atoms with E-state index in [9.17, 15) is 4.79 Å². The third-order valence-corrected chi connectivity index (χ3v) is 3.13. The molecule has 0 bridgehead atoms. The summed E-state index contributed by atoms with van der Waals surface area (Å²) in [5, 5.41) is 3.23. The van der Waals surface area contributed by atoms with Crippen molar-refractivity contribution in [3.63, 3.8) is 0 Å². The molecule has 0 heterocycles. The lowest BCUT2D eigenvalue weighted by atomic mass is 10.1. The molecular formula is C13H10BrClN2O. The smallest absolute Gasteiger partial charge is 0.257 e. The van der Waals surface area contributed by atoms with E-state index in [0.29, 0.717) is 22.0 Å². The average Bonchev–Trinajstić information content (AvgIpc) is 2.35. The number of hydrogen-bond donors (Lipinski definition) is 2. The van der Waals surface area contributed by atoms with E-state index in [1.807, 2.05) is 12.1 Å². The summed E-state index contributed by atoms with van der Waals surface area (Å²) in [5.41, 5.74) is 7.20. The van der Waals surface area contributed by atoms with E-state index in [4.69, 9.17) is 17.3 Å². The summed E-state index contributed by atoms with van der Waals surface area (Å²) in [5.74, 6) is -0.280. The third-order valence-electron chi connectivity index (χ3n) is 2.36. The molecule has 0 aromatic heterocycles. The van der Waals surface area contributed by atoms with Gasteiger partial charge in [0, 0.05) is 20.9 Å². The topological polar surface area (TPSA) is 55.1 Å². The lowest BCUT2D eigenvalue weighted by Crippen LogP contribution is -2.13. The number of benzene rings is 2. The lowest BCUT2D eigenvalue weighted by molar-refractivity contribution is 0.102. The van der Waals surface area contributed by atoms with Crippen LogP contribution in [0.25, 0.3) is 0 Å². The number of nitrogens with one attached hydrogen (secondary N) is 1. The summed E-state index contributed by atoms with van der Waals surface area (Å²) in [4.78, 5) is 12.0. The average molecular weight is 326 g/mol.